The summed E-state index contributed by atoms with van der Waals surface area (Å²) in [7, 11) is 13.9. The second kappa shape index (κ2) is 56.4. The molecule has 732 valence electrons. The van der Waals surface area contributed by atoms with Gasteiger partial charge in [0.2, 0.25) is 28.3 Å². The zero-order valence-electron chi connectivity index (χ0n) is 72.2. The molecule has 4 fully saturated rings. The van der Waals surface area contributed by atoms with Crippen LogP contribution in [0.25, 0.3) is 0 Å². The molecule has 2 saturated carbocycles. The lowest BCUT2D eigenvalue weighted by atomic mass is 10.0. The third kappa shape index (κ3) is 40.6. The molecule has 8 aromatic rings. The minimum atomic E-state index is -4.06. The van der Waals surface area contributed by atoms with E-state index >= 15 is 0 Å². The lowest BCUT2D eigenvalue weighted by Crippen LogP contribution is -2.41. The Morgan fingerprint density at radius 1 is 0.519 bits per heavy atom. The van der Waals surface area contributed by atoms with Crippen LogP contribution >= 0.6 is 126 Å². The number of halogens is 13. The average Bonchev–Trinajstić information content (AvgIpc) is 1.77. The van der Waals surface area contributed by atoms with Crippen LogP contribution in [0.4, 0.5) is 17.6 Å². The number of nitrogens with one attached hydrogen (secondary N) is 3. The van der Waals surface area contributed by atoms with E-state index in [0.29, 0.717) is 114 Å². The number of hydrogen-bond acceptors (Lipinski definition) is 24. The monoisotopic (exact) mass is 2150 g/mol. The first-order chi connectivity index (χ1) is 61.2. The predicted octanol–water partition coefficient (Wildman–Crippen LogP) is 15.8. The number of alkyl halides is 5. The molecule has 0 radical (unpaired) electrons. The van der Waals surface area contributed by atoms with Gasteiger partial charge in [-0.2, -0.15) is 30.3 Å². The van der Waals surface area contributed by atoms with E-state index in [1.165, 1.54) is 81.3 Å². The van der Waals surface area contributed by atoms with Gasteiger partial charge in [-0.15, -0.1) is 47.5 Å². The Kier molecular flexibility index (Phi) is 49.9. The van der Waals surface area contributed by atoms with Gasteiger partial charge in [0.05, 0.1) is 24.7 Å². The van der Waals surface area contributed by atoms with E-state index in [1.807, 2.05) is 18.2 Å². The number of pyridine rings is 2. The summed E-state index contributed by atoms with van der Waals surface area (Å²) in [5.41, 5.74) is 6.07. The first-order valence-electron chi connectivity index (χ1n) is 39.1. The van der Waals surface area contributed by atoms with Crippen molar-refractivity contribution >= 4 is 200 Å². The van der Waals surface area contributed by atoms with Crippen molar-refractivity contribution in [3.63, 3.8) is 0 Å². The number of carbonyl (C=O) groups is 6. The summed E-state index contributed by atoms with van der Waals surface area (Å²) in [4.78, 5) is 85.1. The summed E-state index contributed by atoms with van der Waals surface area (Å²) < 4.78 is 174. The van der Waals surface area contributed by atoms with Crippen molar-refractivity contribution in [2.24, 2.45) is 11.8 Å². The van der Waals surface area contributed by atoms with E-state index in [0.717, 1.165) is 53.1 Å². The summed E-state index contributed by atoms with van der Waals surface area (Å²) in [6.45, 7) is -4.59. The number of carbonyl (C=O) groups excluding carboxylic acids is 6. The van der Waals surface area contributed by atoms with E-state index in [2.05, 4.69) is 46.1 Å². The number of esters is 2. The molecule has 2 saturated heterocycles. The molecular weight excluding hydrogens is 2060 g/mol. The minimum absolute atomic E-state index is 0. The number of amides is 4. The number of rotatable bonds is 32. The third-order valence-corrected chi connectivity index (χ3v) is 26.2. The molecule has 2 aliphatic carbocycles. The van der Waals surface area contributed by atoms with Crippen LogP contribution in [0.1, 0.15) is 124 Å². The van der Waals surface area contributed by atoms with Crippen LogP contribution in [-0.2, 0) is 93.5 Å². The van der Waals surface area contributed by atoms with E-state index in [-0.39, 0.29) is 105 Å². The number of aromatic amines is 2. The average molecular weight is 2160 g/mol. The van der Waals surface area contributed by atoms with Gasteiger partial charge in [0.25, 0.3) is 33.7 Å². The van der Waals surface area contributed by atoms with Gasteiger partial charge in [0.1, 0.15) is 38.1 Å². The van der Waals surface area contributed by atoms with Crippen molar-refractivity contribution in [1.29, 1.82) is 0 Å². The molecule has 0 spiro atoms. The highest BCUT2D eigenvalue weighted by Gasteiger charge is 2.42. The highest BCUT2D eigenvalue weighted by molar-refractivity contribution is 8.26. The molecule has 2 aliphatic heterocycles. The number of thioether (sulfide) groups is 2. The molecule has 49 heteroatoms. The molecule has 4 amide bonds. The standard InChI is InChI=1S/C32H33Cl2F2N3O7S2.C22H22Cl2F2N2O4S.C10H12ClNO3S.C10H12ClNO.C10H13NO4S.Cl2OS.ClH.2H2O/c1-38(2)29(40)22-5-3-4-20(12-22)18-48(42,43)39-10-11-47-30(39)31(41)45-27(14-23-24(33)15-37-16-25(23)34)21-8-9-26(46-32(35)36)28(13-21)44-17-19-6-7-19;23-15-9-27-10-16(24)14(15)8-18(31-21(29)20-28-5-6-33-20)13-3-4-17(32-22(25)26)19(7-13)30-11-12-1-2-12;1-12(2)10(13)9-5-3-4-8(6-9)7-16(11,14)15;1-12(2)10(13)9-5-3-4-8(6-9)7-11;1-11(2)10(12)9-5-3-4-8(6-9)7-16(13,14)15;1-4(2)3;;;/h3-5,8-9,12-13,15-16,19,27,30,32H,6-7,10-11,14,17-18H2,1-2H3;3-4,7,9-10,12,18,20,22,28H,1-2,5-6,8,11H2;3-6H,7H2,1-2H3;3-6H,7H2,1-2H3;3-6H,7H2,1-2H3,(H,13,14,15);;1H;2*1H2/t27-,30-;18-,20-;;;;;;;/m00......./s1. The quantitative estimate of drug-likeness (QED) is 0.0130. The zero-order chi connectivity index (χ0) is 96.1. The van der Waals surface area contributed by atoms with E-state index in [4.69, 9.17) is 96.4 Å². The summed E-state index contributed by atoms with van der Waals surface area (Å²) >= 11 is 33.8. The van der Waals surface area contributed by atoms with Gasteiger partial charge in [0, 0.05) is 165 Å². The molecule has 0 bridgehead atoms. The topological polar surface area (TPSA) is 414 Å². The molecule has 133 heavy (non-hydrogen) atoms. The van der Waals surface area contributed by atoms with Crippen molar-refractivity contribution < 1.29 is 130 Å². The van der Waals surface area contributed by atoms with E-state index in [1.54, 1.807) is 146 Å². The van der Waals surface area contributed by atoms with Crippen LogP contribution in [0.2, 0.25) is 20.1 Å². The first kappa shape index (κ1) is 118. The lowest BCUT2D eigenvalue weighted by Gasteiger charge is -2.26. The summed E-state index contributed by atoms with van der Waals surface area (Å²) in [5.74, 6) is -0.826. The minimum Gasteiger partial charge on any atom is -0.870 e. The van der Waals surface area contributed by atoms with Crippen molar-refractivity contribution in [2.75, 3.05) is 94.2 Å². The molecule has 4 atom stereocenters. The molecule has 12 rings (SSSR count). The predicted molar refractivity (Wildman–Crippen MR) is 506 cm³/mol. The molecular formula is C84H97Cl9F4N8O22S6. The fourth-order valence-electron chi connectivity index (χ4n) is 12.0. The molecule has 30 nitrogen and oxygen atoms in total. The smallest absolute Gasteiger partial charge is 0.387 e. The van der Waals surface area contributed by atoms with Crippen LogP contribution in [0, 0.1) is 11.8 Å². The van der Waals surface area contributed by atoms with Gasteiger partial charge in [-0.1, -0.05) is 107 Å². The second-order valence-corrected chi connectivity index (χ2v) is 42.8. The third-order valence-electron chi connectivity index (χ3n) is 18.6. The van der Waals surface area contributed by atoms with Gasteiger partial charge in [0.15, 0.2) is 58.5 Å². The second-order valence-electron chi connectivity index (χ2n) is 29.8. The van der Waals surface area contributed by atoms with Crippen LogP contribution in [0.15, 0.2) is 158 Å². The largest absolute Gasteiger partial charge is 0.870 e. The van der Waals surface area contributed by atoms with Crippen LogP contribution in [0.3, 0.4) is 0 Å². The molecule has 6 N–H and O–H groups in total. The van der Waals surface area contributed by atoms with Crippen LogP contribution < -0.4 is 34.2 Å². The maximum Gasteiger partial charge on any atom is 0.387 e. The summed E-state index contributed by atoms with van der Waals surface area (Å²) in [6.07, 6.45) is 8.51. The Morgan fingerprint density at radius 3 is 1.20 bits per heavy atom. The SMILES string of the molecule is CN(C)C(=O)c1cccc(CCl)c1.CN(C)C(=O)c1cccc(CS(=O)(=O)Cl)c1.CN(C)C(=O)c1cccc(CS(=O)(=O)N2CCS[C@H]2C(=O)O[C@@H](Cc2c(Cl)c[nH+]cc2Cl)c2ccc(OC(F)F)c(OCC3CC3)c2)c1.CN(C)C(=O)c1cccc(CS(=O)(=O)O)c1.Cl.O=C(O[C@@H](Cc1c(Cl)c[nH+]cc1Cl)c1ccc(OC(F)F)c(OCC2CC2)c1)[C@H]1NCCS1.O=S(Cl)Cl.[OH-].[OH-]. The van der Waals surface area contributed by atoms with Gasteiger partial charge in [-0.25, -0.2) is 40.6 Å². The van der Waals surface area contributed by atoms with Gasteiger partial charge in [-0.3, -0.25) is 29.0 Å². The Hall–Kier alpha value is -7.53. The number of aromatic nitrogens is 2. The number of sulfonamides is 1. The molecule has 0 unspecified atom stereocenters. The van der Waals surface area contributed by atoms with Crippen molar-refractivity contribution in [2.45, 2.75) is 97.8 Å². The number of ether oxygens (including phenoxy) is 6. The van der Waals surface area contributed by atoms with Gasteiger partial charge >= 0.3 is 25.2 Å². The van der Waals surface area contributed by atoms with E-state index in [9.17, 15) is 71.6 Å². The Bertz CT molecular complexity index is 5480. The van der Waals surface area contributed by atoms with Crippen molar-refractivity contribution in [3.8, 4) is 23.0 Å². The highest BCUT2D eigenvalue weighted by atomic mass is 36.0. The van der Waals surface area contributed by atoms with Crippen molar-refractivity contribution in [3.05, 3.63) is 245 Å². The summed E-state index contributed by atoms with van der Waals surface area (Å²) in [6, 6.07) is 35.0. The fourth-order valence-corrected chi connectivity index (χ4v) is 18.9. The van der Waals surface area contributed by atoms with Gasteiger partial charge in [-0.05, 0) is 144 Å². The Labute approximate surface area is 823 Å². The van der Waals surface area contributed by atoms with Crippen molar-refractivity contribution in [1.82, 2.24) is 29.2 Å². The Balaban J connectivity index is 0.000000375. The van der Waals surface area contributed by atoms with Gasteiger partial charge < -0.3 is 59.0 Å². The Morgan fingerprint density at radius 2 is 0.872 bits per heavy atom. The first-order valence-corrected chi connectivity index (χ1v) is 51.7. The molecule has 2 aromatic heterocycles. The highest BCUT2D eigenvalue weighted by Crippen LogP contribution is 2.42. The molecule has 4 aliphatic rings. The molecule has 6 aromatic carbocycles. The normalized spacial score (nSPS) is 14.8. The number of hydrogen-bond donors (Lipinski definition) is 2. The van der Waals surface area contributed by atoms with Crippen LogP contribution in [0.5, 0.6) is 23.0 Å². The zero-order valence-corrected chi connectivity index (χ0v) is 83.9. The molecule has 4 heterocycles. The number of H-pyrrole nitrogens is 2. The fraction of sp³-hybridized carbons (Fsp3) is 0.381. The summed E-state index contributed by atoms with van der Waals surface area (Å²) in [5, 5.41) is 2.71. The maximum atomic E-state index is 13.8. The van der Waals surface area contributed by atoms with E-state index < -0.39 is 98.0 Å². The lowest BCUT2D eigenvalue weighted by molar-refractivity contribution is -0.378. The van der Waals surface area contributed by atoms with Crippen LogP contribution in [-0.4, -0.2) is 223 Å². The maximum absolute atomic E-state index is 13.8. The number of benzene rings is 6. The number of nitrogens with zero attached hydrogens (tertiary/aromatic N) is 5.